The quantitative estimate of drug-likeness (QED) is 0.861. The topological polar surface area (TPSA) is 69.6 Å². The molecular weight excluding hydrogens is 244 g/mol. The lowest BCUT2D eigenvalue weighted by atomic mass is 10.0. The summed E-state index contributed by atoms with van der Waals surface area (Å²) in [6.07, 6.45) is 1.98. The minimum atomic E-state index is -1.00. The van der Waals surface area contributed by atoms with Crippen LogP contribution in [0.3, 0.4) is 0 Å². The summed E-state index contributed by atoms with van der Waals surface area (Å²) in [4.78, 5) is 24.8. The van der Waals surface area contributed by atoms with Gasteiger partial charge in [0, 0.05) is 17.8 Å². The van der Waals surface area contributed by atoms with E-state index < -0.39 is 5.97 Å². The summed E-state index contributed by atoms with van der Waals surface area (Å²) in [5, 5.41) is 11.7. The Bertz CT molecular complexity index is 511. The highest BCUT2D eigenvalue weighted by Gasteiger charge is 2.35. The molecule has 5 heteroatoms. The molecule has 2 rings (SSSR count). The maximum absolute atomic E-state index is 12.2. The van der Waals surface area contributed by atoms with Gasteiger partial charge in [0.2, 0.25) is 0 Å². The van der Waals surface area contributed by atoms with Gasteiger partial charge in [0.1, 0.15) is 0 Å². The molecule has 1 aromatic rings. The Labute approximate surface area is 112 Å². The number of carbonyl (C=O) groups excluding carboxylic acids is 1. The van der Waals surface area contributed by atoms with Crippen molar-refractivity contribution in [2.75, 3.05) is 11.9 Å². The first-order valence-electron chi connectivity index (χ1n) is 6.32. The van der Waals surface area contributed by atoms with Crippen molar-refractivity contribution >= 4 is 17.7 Å². The maximum Gasteiger partial charge on any atom is 0.335 e. The highest BCUT2D eigenvalue weighted by atomic mass is 16.4. The van der Waals surface area contributed by atoms with Crippen molar-refractivity contribution in [1.29, 1.82) is 0 Å². The number of rotatable bonds is 2. The molecule has 1 heterocycles. The number of urea groups is 1. The number of anilines is 1. The number of nitrogens with zero attached hydrogens (tertiary/aromatic N) is 1. The summed E-state index contributed by atoms with van der Waals surface area (Å²) in [6.45, 7) is 4.80. The number of nitrogens with one attached hydrogen (secondary N) is 1. The summed E-state index contributed by atoms with van der Waals surface area (Å²) >= 11 is 0. The molecule has 1 aromatic carbocycles. The molecule has 1 aliphatic heterocycles. The van der Waals surface area contributed by atoms with Crippen molar-refractivity contribution in [3.8, 4) is 0 Å². The fraction of sp³-hybridized carbons (Fsp3) is 0.429. The molecule has 2 amide bonds. The number of aromatic carboxylic acids is 1. The van der Waals surface area contributed by atoms with Crippen molar-refractivity contribution in [2.45, 2.75) is 32.2 Å². The van der Waals surface area contributed by atoms with Gasteiger partial charge in [0.05, 0.1) is 5.56 Å². The molecule has 0 saturated carbocycles. The first kappa shape index (κ1) is 13.4. The second-order valence-corrected chi connectivity index (χ2v) is 5.38. The highest BCUT2D eigenvalue weighted by Crippen LogP contribution is 2.28. The van der Waals surface area contributed by atoms with Gasteiger partial charge in [-0.2, -0.15) is 0 Å². The van der Waals surface area contributed by atoms with Gasteiger partial charge < -0.3 is 15.3 Å². The van der Waals surface area contributed by atoms with Crippen molar-refractivity contribution in [3.63, 3.8) is 0 Å². The summed E-state index contributed by atoms with van der Waals surface area (Å²) in [6, 6.07) is 6.09. The minimum absolute atomic E-state index is 0.144. The lowest BCUT2D eigenvalue weighted by Crippen LogP contribution is -2.44. The van der Waals surface area contributed by atoms with Gasteiger partial charge in [-0.05, 0) is 44.9 Å². The standard InChI is InChI=1S/C14H18N2O3/c1-14(2)7-4-8-16(14)13(19)15-11-6-3-5-10(9-11)12(17)18/h3,5-6,9H,4,7-8H2,1-2H3,(H,15,19)(H,17,18). The van der Waals surface area contributed by atoms with E-state index in [0.717, 1.165) is 19.4 Å². The molecule has 0 atom stereocenters. The number of amides is 2. The molecule has 0 aromatic heterocycles. The Hall–Kier alpha value is -2.04. The predicted octanol–water partition coefficient (Wildman–Crippen LogP) is 2.79. The maximum atomic E-state index is 12.2. The normalized spacial score (nSPS) is 17.3. The summed E-state index contributed by atoms with van der Waals surface area (Å²) in [5.41, 5.74) is 0.528. The van der Waals surface area contributed by atoms with Gasteiger partial charge in [-0.1, -0.05) is 6.07 Å². The van der Waals surface area contributed by atoms with Crippen LogP contribution in [0.25, 0.3) is 0 Å². The second kappa shape index (κ2) is 4.91. The van der Waals surface area contributed by atoms with Crippen LogP contribution in [0, 0.1) is 0 Å². The van der Waals surface area contributed by atoms with E-state index in [1.165, 1.54) is 12.1 Å². The van der Waals surface area contributed by atoms with E-state index >= 15 is 0 Å². The number of hydrogen-bond donors (Lipinski definition) is 2. The van der Waals surface area contributed by atoms with Gasteiger partial charge in [-0.3, -0.25) is 0 Å². The first-order valence-corrected chi connectivity index (χ1v) is 6.32. The molecular formula is C14H18N2O3. The van der Waals surface area contributed by atoms with E-state index in [-0.39, 0.29) is 17.1 Å². The van der Waals surface area contributed by atoms with Gasteiger partial charge in [-0.15, -0.1) is 0 Å². The van der Waals surface area contributed by atoms with Crippen molar-refractivity contribution < 1.29 is 14.7 Å². The van der Waals surface area contributed by atoms with Crippen LogP contribution in [0.5, 0.6) is 0 Å². The SMILES string of the molecule is CC1(C)CCCN1C(=O)Nc1cccc(C(=O)O)c1. The van der Waals surface area contributed by atoms with Crippen LogP contribution >= 0.6 is 0 Å². The van der Waals surface area contributed by atoms with E-state index in [4.69, 9.17) is 5.11 Å². The fourth-order valence-corrected chi connectivity index (χ4v) is 2.40. The van der Waals surface area contributed by atoms with Crippen LogP contribution in [0.2, 0.25) is 0 Å². The molecule has 0 radical (unpaired) electrons. The molecule has 1 aliphatic rings. The van der Waals surface area contributed by atoms with Crippen LogP contribution in [0.1, 0.15) is 37.0 Å². The zero-order valence-corrected chi connectivity index (χ0v) is 11.1. The third-order valence-corrected chi connectivity index (χ3v) is 3.51. The van der Waals surface area contributed by atoms with Crippen LogP contribution in [0.4, 0.5) is 10.5 Å². The average molecular weight is 262 g/mol. The predicted molar refractivity (Wildman–Crippen MR) is 72.4 cm³/mol. The Morgan fingerprint density at radius 2 is 2.11 bits per heavy atom. The summed E-state index contributed by atoms with van der Waals surface area (Å²) in [7, 11) is 0. The zero-order chi connectivity index (χ0) is 14.0. The summed E-state index contributed by atoms with van der Waals surface area (Å²) in [5.74, 6) is -1.00. The third-order valence-electron chi connectivity index (χ3n) is 3.51. The Morgan fingerprint density at radius 3 is 2.68 bits per heavy atom. The largest absolute Gasteiger partial charge is 0.478 e. The van der Waals surface area contributed by atoms with Gasteiger partial charge >= 0.3 is 12.0 Å². The van der Waals surface area contributed by atoms with E-state index in [0.29, 0.717) is 5.69 Å². The zero-order valence-electron chi connectivity index (χ0n) is 11.1. The molecule has 0 bridgehead atoms. The van der Waals surface area contributed by atoms with Crippen LogP contribution in [0.15, 0.2) is 24.3 Å². The molecule has 1 fully saturated rings. The van der Waals surface area contributed by atoms with Gasteiger partial charge in [-0.25, -0.2) is 9.59 Å². The number of carboxylic acid groups (broad SMARTS) is 1. The number of carboxylic acids is 1. The number of hydrogen-bond acceptors (Lipinski definition) is 2. The molecule has 19 heavy (non-hydrogen) atoms. The Morgan fingerprint density at radius 1 is 1.37 bits per heavy atom. The molecule has 0 spiro atoms. The van der Waals surface area contributed by atoms with E-state index in [1.807, 2.05) is 13.8 Å². The van der Waals surface area contributed by atoms with Crippen molar-refractivity contribution in [2.24, 2.45) is 0 Å². The lowest BCUT2D eigenvalue weighted by molar-refractivity contribution is 0.0697. The van der Waals surface area contributed by atoms with E-state index in [2.05, 4.69) is 5.32 Å². The Kier molecular flexibility index (Phi) is 3.46. The van der Waals surface area contributed by atoms with Crippen molar-refractivity contribution in [3.05, 3.63) is 29.8 Å². The molecule has 0 unspecified atom stereocenters. The number of likely N-dealkylation sites (tertiary alicyclic amines) is 1. The average Bonchev–Trinajstić information content (AvgIpc) is 2.69. The number of carbonyl (C=O) groups is 2. The molecule has 102 valence electrons. The van der Waals surface area contributed by atoms with Crippen LogP contribution < -0.4 is 5.32 Å². The monoisotopic (exact) mass is 262 g/mol. The van der Waals surface area contributed by atoms with E-state index in [9.17, 15) is 9.59 Å². The molecule has 1 saturated heterocycles. The number of benzene rings is 1. The molecule has 5 nitrogen and oxygen atoms in total. The Balaban J connectivity index is 2.11. The summed E-state index contributed by atoms with van der Waals surface area (Å²) < 4.78 is 0. The minimum Gasteiger partial charge on any atom is -0.478 e. The van der Waals surface area contributed by atoms with Crippen LogP contribution in [-0.2, 0) is 0 Å². The highest BCUT2D eigenvalue weighted by molar-refractivity contribution is 5.93. The molecule has 2 N–H and O–H groups in total. The first-order chi connectivity index (χ1) is 8.90. The molecule has 0 aliphatic carbocycles. The lowest BCUT2D eigenvalue weighted by Gasteiger charge is -2.31. The van der Waals surface area contributed by atoms with Crippen LogP contribution in [-0.4, -0.2) is 34.1 Å². The second-order valence-electron chi connectivity index (χ2n) is 5.38. The van der Waals surface area contributed by atoms with E-state index in [1.54, 1.807) is 17.0 Å². The smallest absolute Gasteiger partial charge is 0.335 e. The fourth-order valence-electron chi connectivity index (χ4n) is 2.40. The third kappa shape index (κ3) is 2.86. The van der Waals surface area contributed by atoms with Gasteiger partial charge in [0.15, 0.2) is 0 Å². The van der Waals surface area contributed by atoms with Crippen molar-refractivity contribution in [1.82, 2.24) is 4.90 Å². The van der Waals surface area contributed by atoms with Gasteiger partial charge in [0.25, 0.3) is 0 Å².